The molecule has 2 bridgehead atoms. The van der Waals surface area contributed by atoms with E-state index < -0.39 is 0 Å². The summed E-state index contributed by atoms with van der Waals surface area (Å²) in [4.78, 5) is 12.4. The minimum absolute atomic E-state index is 0.0562. The highest BCUT2D eigenvalue weighted by molar-refractivity contribution is 5.83. The molecule has 3 fully saturated rings. The monoisotopic (exact) mass is 251 g/mol. The molecular weight excluding hydrogens is 226 g/mol. The Kier molecular flexibility index (Phi) is 2.92. The Bertz CT molecular complexity index is 326. The van der Waals surface area contributed by atoms with Crippen LogP contribution in [0.25, 0.3) is 0 Å². The molecule has 0 spiro atoms. The van der Waals surface area contributed by atoms with Crippen LogP contribution in [0.1, 0.15) is 46.0 Å². The second-order valence-corrected chi connectivity index (χ2v) is 6.65. The van der Waals surface area contributed by atoms with Crippen LogP contribution in [0.15, 0.2) is 0 Å². The quantitative estimate of drug-likeness (QED) is 0.784. The van der Waals surface area contributed by atoms with Crippen molar-refractivity contribution in [2.45, 2.75) is 51.5 Å². The Hall–Kier alpha value is -0.570. The number of amides is 1. The molecule has 3 heteroatoms. The van der Waals surface area contributed by atoms with Gasteiger partial charge in [0.05, 0.1) is 12.1 Å². The van der Waals surface area contributed by atoms with Crippen LogP contribution in [0.4, 0.5) is 0 Å². The summed E-state index contributed by atoms with van der Waals surface area (Å²) < 4.78 is 0. The van der Waals surface area contributed by atoms with Crippen LogP contribution in [0.2, 0.25) is 0 Å². The van der Waals surface area contributed by atoms with E-state index in [9.17, 15) is 9.90 Å². The van der Waals surface area contributed by atoms with Gasteiger partial charge < -0.3 is 10.4 Å². The van der Waals surface area contributed by atoms with Crippen molar-refractivity contribution in [2.75, 3.05) is 6.61 Å². The van der Waals surface area contributed by atoms with Crippen molar-refractivity contribution in [3.63, 3.8) is 0 Å². The number of hydrogen-bond donors (Lipinski definition) is 2. The SMILES string of the molecule is CCC(CC)(CO)NC(=O)C1C2C3CCC(C3)C12. The predicted octanol–water partition coefficient (Wildman–Crippen LogP) is 1.95. The molecule has 4 unspecified atom stereocenters. The van der Waals surface area contributed by atoms with Crippen molar-refractivity contribution < 1.29 is 9.90 Å². The molecule has 1 amide bonds. The Morgan fingerprint density at radius 1 is 1.22 bits per heavy atom. The summed E-state index contributed by atoms with van der Waals surface area (Å²) in [6.07, 6.45) is 5.69. The summed E-state index contributed by atoms with van der Waals surface area (Å²) in [5, 5.41) is 12.7. The third-order valence-electron chi connectivity index (χ3n) is 6.08. The molecule has 3 nitrogen and oxygen atoms in total. The highest BCUT2D eigenvalue weighted by atomic mass is 16.3. The second-order valence-electron chi connectivity index (χ2n) is 6.65. The van der Waals surface area contributed by atoms with Crippen LogP contribution < -0.4 is 5.32 Å². The zero-order chi connectivity index (χ0) is 12.9. The smallest absolute Gasteiger partial charge is 0.224 e. The van der Waals surface area contributed by atoms with Gasteiger partial charge in [0.2, 0.25) is 5.91 Å². The molecule has 0 heterocycles. The average Bonchev–Trinajstić information content (AvgIpc) is 2.85. The van der Waals surface area contributed by atoms with Crippen LogP contribution in [-0.4, -0.2) is 23.2 Å². The first-order valence-corrected chi connectivity index (χ1v) is 7.58. The summed E-state index contributed by atoms with van der Waals surface area (Å²) in [6.45, 7) is 4.13. The van der Waals surface area contributed by atoms with Gasteiger partial charge in [-0.2, -0.15) is 0 Å². The standard InChI is InChI=1S/C15H25NO2/c1-3-15(4-2,8-17)16-14(18)13-11-9-5-6-10(7-9)12(11)13/h9-13,17H,3-8H2,1-2H3,(H,16,18). The molecule has 0 aliphatic heterocycles. The van der Waals surface area contributed by atoms with E-state index in [1.54, 1.807) is 0 Å². The number of aliphatic hydroxyl groups is 1. The molecule has 18 heavy (non-hydrogen) atoms. The van der Waals surface area contributed by atoms with Crippen LogP contribution in [0, 0.1) is 29.6 Å². The van der Waals surface area contributed by atoms with Gasteiger partial charge in [0.15, 0.2) is 0 Å². The van der Waals surface area contributed by atoms with Gasteiger partial charge in [0, 0.05) is 5.92 Å². The highest BCUT2D eigenvalue weighted by Crippen LogP contribution is 2.69. The maximum Gasteiger partial charge on any atom is 0.224 e. The number of carbonyl (C=O) groups excluding carboxylic acids is 1. The zero-order valence-electron chi connectivity index (χ0n) is 11.5. The lowest BCUT2D eigenvalue weighted by atomic mass is 9.92. The Labute approximate surface area is 109 Å². The maximum absolute atomic E-state index is 12.4. The summed E-state index contributed by atoms with van der Waals surface area (Å²) in [5.74, 6) is 3.55. The molecule has 3 aliphatic rings. The van der Waals surface area contributed by atoms with Crippen molar-refractivity contribution >= 4 is 5.91 Å². The molecule has 0 saturated heterocycles. The molecule has 3 saturated carbocycles. The largest absolute Gasteiger partial charge is 0.394 e. The van der Waals surface area contributed by atoms with Crippen LogP contribution in [0.5, 0.6) is 0 Å². The van der Waals surface area contributed by atoms with Gasteiger partial charge in [-0.1, -0.05) is 13.8 Å². The van der Waals surface area contributed by atoms with E-state index in [1.807, 2.05) is 13.8 Å². The number of hydrogen-bond acceptors (Lipinski definition) is 2. The van der Waals surface area contributed by atoms with Gasteiger partial charge in [-0.3, -0.25) is 4.79 Å². The van der Waals surface area contributed by atoms with Crippen molar-refractivity contribution in [1.29, 1.82) is 0 Å². The van der Waals surface area contributed by atoms with Crippen molar-refractivity contribution in [3.8, 4) is 0 Å². The number of rotatable bonds is 5. The predicted molar refractivity (Wildman–Crippen MR) is 69.8 cm³/mol. The van der Waals surface area contributed by atoms with Crippen LogP contribution >= 0.6 is 0 Å². The fourth-order valence-electron chi connectivity index (χ4n) is 4.71. The molecule has 0 radical (unpaired) electrons. The van der Waals surface area contributed by atoms with Gasteiger partial charge in [0.25, 0.3) is 0 Å². The molecule has 2 N–H and O–H groups in total. The zero-order valence-corrected chi connectivity index (χ0v) is 11.5. The van der Waals surface area contributed by atoms with Crippen molar-refractivity contribution in [3.05, 3.63) is 0 Å². The van der Waals surface area contributed by atoms with E-state index in [1.165, 1.54) is 19.3 Å². The van der Waals surface area contributed by atoms with E-state index >= 15 is 0 Å². The average molecular weight is 251 g/mol. The molecule has 0 aromatic rings. The minimum atomic E-state index is -0.382. The molecule has 102 valence electrons. The lowest BCUT2D eigenvalue weighted by Gasteiger charge is -2.31. The van der Waals surface area contributed by atoms with E-state index in [0.29, 0.717) is 11.8 Å². The fourth-order valence-corrected chi connectivity index (χ4v) is 4.71. The second kappa shape index (κ2) is 4.22. The van der Waals surface area contributed by atoms with Gasteiger partial charge in [-0.05, 0) is 55.8 Å². The number of nitrogens with one attached hydrogen (secondary N) is 1. The fraction of sp³-hybridized carbons (Fsp3) is 0.933. The summed E-state index contributed by atoms with van der Waals surface area (Å²) >= 11 is 0. The minimum Gasteiger partial charge on any atom is -0.394 e. The van der Waals surface area contributed by atoms with E-state index in [0.717, 1.165) is 24.7 Å². The number of carbonyl (C=O) groups is 1. The Balaban J connectivity index is 1.64. The van der Waals surface area contributed by atoms with E-state index in [-0.39, 0.29) is 24.0 Å². The number of aliphatic hydroxyl groups excluding tert-OH is 1. The Morgan fingerprint density at radius 3 is 2.22 bits per heavy atom. The molecule has 3 rings (SSSR count). The summed E-state index contributed by atoms with van der Waals surface area (Å²) in [7, 11) is 0. The van der Waals surface area contributed by atoms with Gasteiger partial charge >= 0.3 is 0 Å². The molecule has 4 atom stereocenters. The summed E-state index contributed by atoms with van der Waals surface area (Å²) in [6, 6.07) is 0. The third-order valence-corrected chi connectivity index (χ3v) is 6.08. The van der Waals surface area contributed by atoms with Crippen LogP contribution in [-0.2, 0) is 4.79 Å². The first-order valence-electron chi connectivity index (χ1n) is 7.58. The normalized spacial score (nSPS) is 40.7. The maximum atomic E-state index is 12.4. The topological polar surface area (TPSA) is 49.3 Å². The van der Waals surface area contributed by atoms with Gasteiger partial charge in [0.1, 0.15) is 0 Å². The lowest BCUT2D eigenvalue weighted by molar-refractivity contribution is -0.126. The van der Waals surface area contributed by atoms with Gasteiger partial charge in [-0.15, -0.1) is 0 Å². The first kappa shape index (κ1) is 12.5. The molecule has 0 aromatic heterocycles. The third kappa shape index (κ3) is 1.63. The van der Waals surface area contributed by atoms with E-state index in [4.69, 9.17) is 0 Å². The van der Waals surface area contributed by atoms with Crippen molar-refractivity contribution in [2.24, 2.45) is 29.6 Å². The van der Waals surface area contributed by atoms with E-state index in [2.05, 4.69) is 5.32 Å². The highest BCUT2D eigenvalue weighted by Gasteiger charge is 2.67. The number of fused-ring (bicyclic) bond motifs is 5. The van der Waals surface area contributed by atoms with Gasteiger partial charge in [-0.25, -0.2) is 0 Å². The molecule has 3 aliphatic carbocycles. The molecule has 0 aromatic carbocycles. The van der Waals surface area contributed by atoms with Crippen LogP contribution in [0.3, 0.4) is 0 Å². The first-order chi connectivity index (χ1) is 8.65. The molecular formula is C15H25NO2. The Morgan fingerprint density at radius 2 is 1.78 bits per heavy atom. The summed E-state index contributed by atoms with van der Waals surface area (Å²) in [5.41, 5.74) is -0.382. The van der Waals surface area contributed by atoms with Crippen molar-refractivity contribution in [1.82, 2.24) is 5.32 Å². The lowest BCUT2D eigenvalue weighted by Crippen LogP contribution is -2.51.